The van der Waals surface area contributed by atoms with Crippen LogP contribution in [-0.2, 0) is 24.2 Å². The van der Waals surface area contributed by atoms with Gasteiger partial charge in [-0.3, -0.25) is 9.59 Å². The maximum absolute atomic E-state index is 12.7. The predicted molar refractivity (Wildman–Crippen MR) is 125 cm³/mol. The van der Waals surface area contributed by atoms with Crippen LogP contribution < -0.4 is 11.1 Å². The largest absolute Gasteiger partial charge is 0.365 e. The van der Waals surface area contributed by atoms with Crippen molar-refractivity contribution < 1.29 is 9.59 Å². The van der Waals surface area contributed by atoms with E-state index in [1.165, 1.54) is 23.1 Å². The highest BCUT2D eigenvalue weighted by molar-refractivity contribution is 7.99. The van der Waals surface area contributed by atoms with Gasteiger partial charge >= 0.3 is 0 Å². The second kappa shape index (κ2) is 9.23. The number of nitrogens with two attached hydrogens (primary N) is 1. The fourth-order valence-electron chi connectivity index (χ4n) is 3.87. The zero-order valence-electron chi connectivity index (χ0n) is 17.6. The predicted octanol–water partition coefficient (Wildman–Crippen LogP) is 3.98. The Labute approximate surface area is 189 Å². The molecule has 3 N–H and O–H groups in total. The summed E-state index contributed by atoms with van der Waals surface area (Å²) in [6, 6.07) is 9.85. The molecule has 1 unspecified atom stereocenters. The molecule has 9 heteroatoms. The molecule has 2 amide bonds. The molecule has 0 radical (unpaired) electrons. The van der Waals surface area contributed by atoms with Crippen LogP contribution in [0.25, 0.3) is 11.4 Å². The van der Waals surface area contributed by atoms with E-state index in [-0.39, 0.29) is 11.7 Å². The highest BCUT2D eigenvalue weighted by Crippen LogP contribution is 2.39. The van der Waals surface area contributed by atoms with Crippen molar-refractivity contribution in [1.82, 2.24) is 14.8 Å². The van der Waals surface area contributed by atoms with Gasteiger partial charge in [-0.15, -0.1) is 21.5 Å². The standard InChI is InChI=1S/C22H25N5O2S2/c1-3-27-20(14-7-5-4-6-8-14)25-26-22(27)30-12-17(28)24-21-18(19(23)29)15-10-9-13(2)11-16(15)31-21/h4-8,13H,3,9-12H2,1-2H3,(H2,23,29)(H,24,28). The normalized spacial score (nSPS) is 15.5. The Kier molecular flexibility index (Phi) is 6.43. The number of hydrogen-bond donors (Lipinski definition) is 2. The molecule has 1 atom stereocenters. The third-order valence-electron chi connectivity index (χ3n) is 5.41. The number of nitrogens with one attached hydrogen (secondary N) is 1. The first-order valence-corrected chi connectivity index (χ1v) is 12.1. The number of carbonyl (C=O) groups is 2. The van der Waals surface area contributed by atoms with Gasteiger partial charge in [-0.05, 0) is 37.7 Å². The van der Waals surface area contributed by atoms with E-state index in [1.54, 1.807) is 0 Å². The minimum absolute atomic E-state index is 0.171. The first-order chi connectivity index (χ1) is 15.0. The van der Waals surface area contributed by atoms with Crippen molar-refractivity contribution in [1.29, 1.82) is 0 Å². The minimum Gasteiger partial charge on any atom is -0.365 e. The van der Waals surface area contributed by atoms with Crippen molar-refractivity contribution in [3.8, 4) is 11.4 Å². The number of hydrogen-bond acceptors (Lipinski definition) is 6. The van der Waals surface area contributed by atoms with Crippen LogP contribution in [0.4, 0.5) is 5.00 Å². The number of amides is 2. The Bertz CT molecular complexity index is 1110. The lowest BCUT2D eigenvalue weighted by Crippen LogP contribution is -2.20. The summed E-state index contributed by atoms with van der Waals surface area (Å²) in [6.45, 7) is 4.92. The lowest BCUT2D eigenvalue weighted by Gasteiger charge is -2.18. The maximum Gasteiger partial charge on any atom is 0.251 e. The van der Waals surface area contributed by atoms with Crippen LogP contribution in [0.3, 0.4) is 0 Å². The van der Waals surface area contributed by atoms with Gasteiger partial charge in [0, 0.05) is 17.0 Å². The molecule has 1 aromatic carbocycles. The highest BCUT2D eigenvalue weighted by Gasteiger charge is 2.27. The summed E-state index contributed by atoms with van der Waals surface area (Å²) in [5.41, 5.74) is 8.12. The molecule has 0 saturated heterocycles. The van der Waals surface area contributed by atoms with Crippen molar-refractivity contribution in [3.63, 3.8) is 0 Å². The molecule has 0 bridgehead atoms. The number of thioether (sulfide) groups is 1. The van der Waals surface area contributed by atoms with Crippen LogP contribution in [0.1, 0.15) is 41.1 Å². The molecule has 0 spiro atoms. The van der Waals surface area contributed by atoms with Gasteiger partial charge in [-0.25, -0.2) is 0 Å². The van der Waals surface area contributed by atoms with E-state index < -0.39 is 5.91 Å². The Balaban J connectivity index is 1.47. The van der Waals surface area contributed by atoms with Crippen molar-refractivity contribution in [2.75, 3.05) is 11.1 Å². The molecule has 0 fully saturated rings. The van der Waals surface area contributed by atoms with Crippen molar-refractivity contribution in [3.05, 3.63) is 46.3 Å². The fraction of sp³-hybridized carbons (Fsp3) is 0.364. The number of nitrogens with zero attached hydrogens (tertiary/aromatic N) is 3. The van der Waals surface area contributed by atoms with Gasteiger partial charge in [0.25, 0.3) is 5.91 Å². The van der Waals surface area contributed by atoms with Crippen LogP contribution >= 0.6 is 23.1 Å². The molecule has 1 aliphatic carbocycles. The van der Waals surface area contributed by atoms with Crippen LogP contribution in [-0.4, -0.2) is 32.3 Å². The molecule has 7 nitrogen and oxygen atoms in total. The quantitative estimate of drug-likeness (QED) is 0.525. The lowest BCUT2D eigenvalue weighted by atomic mass is 9.88. The Morgan fingerprint density at radius 2 is 2.06 bits per heavy atom. The SMILES string of the molecule is CCn1c(SCC(=O)Nc2sc3c(c2C(N)=O)CCC(C)C3)nnc1-c1ccccc1. The highest BCUT2D eigenvalue weighted by atomic mass is 32.2. The molecule has 4 rings (SSSR count). The van der Waals surface area contributed by atoms with E-state index in [2.05, 4.69) is 22.4 Å². The number of rotatable bonds is 7. The summed E-state index contributed by atoms with van der Waals surface area (Å²) in [5, 5.41) is 12.7. The average Bonchev–Trinajstić information content (AvgIpc) is 3.32. The summed E-state index contributed by atoms with van der Waals surface area (Å²) in [7, 11) is 0. The van der Waals surface area contributed by atoms with Crippen molar-refractivity contribution in [2.24, 2.45) is 11.7 Å². The molecule has 3 aromatic rings. The maximum atomic E-state index is 12.7. The first-order valence-electron chi connectivity index (χ1n) is 10.3. The van der Waals surface area contributed by atoms with Gasteiger partial charge in [0.2, 0.25) is 5.91 Å². The lowest BCUT2D eigenvalue weighted by molar-refractivity contribution is -0.113. The molecule has 31 heavy (non-hydrogen) atoms. The van der Waals surface area contributed by atoms with Crippen LogP contribution in [0.15, 0.2) is 35.5 Å². The average molecular weight is 456 g/mol. The van der Waals surface area contributed by atoms with Crippen molar-refractivity contribution >= 4 is 39.9 Å². The third-order valence-corrected chi connectivity index (χ3v) is 7.54. The molecular weight excluding hydrogens is 430 g/mol. The molecule has 0 saturated carbocycles. The second-order valence-electron chi connectivity index (χ2n) is 7.67. The number of aromatic nitrogens is 3. The van der Waals surface area contributed by atoms with Crippen LogP contribution in [0.2, 0.25) is 0 Å². The van der Waals surface area contributed by atoms with Crippen LogP contribution in [0, 0.1) is 5.92 Å². The molecule has 162 valence electrons. The topological polar surface area (TPSA) is 103 Å². The van der Waals surface area contributed by atoms with Gasteiger partial charge in [-0.1, -0.05) is 49.0 Å². The number of carbonyl (C=O) groups excluding carboxylic acids is 2. The molecule has 1 aliphatic rings. The summed E-state index contributed by atoms with van der Waals surface area (Å²) in [6.07, 6.45) is 2.79. The summed E-state index contributed by atoms with van der Waals surface area (Å²) in [5.74, 6) is 0.857. The summed E-state index contributed by atoms with van der Waals surface area (Å²) >= 11 is 2.81. The summed E-state index contributed by atoms with van der Waals surface area (Å²) in [4.78, 5) is 25.9. The Morgan fingerprint density at radius 1 is 1.29 bits per heavy atom. The van der Waals surface area contributed by atoms with Gasteiger partial charge in [0.15, 0.2) is 11.0 Å². The zero-order chi connectivity index (χ0) is 22.0. The van der Waals surface area contributed by atoms with E-state index in [0.29, 0.717) is 28.2 Å². The molecule has 2 aromatic heterocycles. The van der Waals surface area contributed by atoms with E-state index in [4.69, 9.17) is 5.73 Å². The number of primary amides is 1. The van der Waals surface area contributed by atoms with Crippen LogP contribution in [0.5, 0.6) is 0 Å². The molecule has 2 heterocycles. The monoisotopic (exact) mass is 455 g/mol. The Morgan fingerprint density at radius 3 is 2.77 bits per heavy atom. The third kappa shape index (κ3) is 4.52. The van der Waals surface area contributed by atoms with E-state index >= 15 is 0 Å². The van der Waals surface area contributed by atoms with Gasteiger partial charge in [-0.2, -0.15) is 0 Å². The number of fused-ring (bicyclic) bond motifs is 1. The van der Waals surface area contributed by atoms with Gasteiger partial charge in [0.1, 0.15) is 5.00 Å². The summed E-state index contributed by atoms with van der Waals surface area (Å²) < 4.78 is 1.99. The molecule has 0 aliphatic heterocycles. The first kappa shape index (κ1) is 21.6. The zero-order valence-corrected chi connectivity index (χ0v) is 19.2. The number of anilines is 1. The number of thiophene rings is 1. The van der Waals surface area contributed by atoms with E-state index in [9.17, 15) is 9.59 Å². The van der Waals surface area contributed by atoms with Gasteiger partial charge < -0.3 is 15.6 Å². The van der Waals surface area contributed by atoms with E-state index in [0.717, 1.165) is 41.1 Å². The fourth-order valence-corrected chi connectivity index (χ4v) is 6.11. The number of benzene rings is 1. The van der Waals surface area contributed by atoms with Gasteiger partial charge in [0.05, 0.1) is 11.3 Å². The smallest absolute Gasteiger partial charge is 0.251 e. The van der Waals surface area contributed by atoms with Crippen molar-refractivity contribution in [2.45, 2.75) is 44.8 Å². The Hall–Kier alpha value is -2.65. The second-order valence-corrected chi connectivity index (χ2v) is 9.72. The van der Waals surface area contributed by atoms with E-state index in [1.807, 2.05) is 41.8 Å². The molecular formula is C22H25N5O2S2. The minimum atomic E-state index is -0.478.